The maximum atomic E-state index is 14.1. The van der Waals surface area contributed by atoms with Crippen molar-refractivity contribution in [3.63, 3.8) is 0 Å². The fourth-order valence-electron chi connectivity index (χ4n) is 3.17. The summed E-state index contributed by atoms with van der Waals surface area (Å²) in [6, 6.07) is 19.3. The van der Waals surface area contributed by atoms with Crippen molar-refractivity contribution in [2.45, 2.75) is 19.5 Å². The molecule has 3 aromatic rings. The van der Waals surface area contributed by atoms with E-state index in [4.69, 9.17) is 24.2 Å². The summed E-state index contributed by atoms with van der Waals surface area (Å²) < 4.78 is 37.0. The van der Waals surface area contributed by atoms with Crippen molar-refractivity contribution in [1.29, 1.82) is 5.26 Å². The Bertz CT molecular complexity index is 1060. The van der Waals surface area contributed by atoms with E-state index in [-0.39, 0.29) is 19.0 Å². The first-order valence-corrected chi connectivity index (χ1v) is 9.03. The standard InChI is InChI=1S/C23H18FNO4/c1-26-21-9-15(12-25)7-8-20(21)27-13-17-10-19(24)11-18-14-28-23(29-22(17)18)16-5-3-2-4-6-16/h2-11,23H,13-14H2,1H3. The van der Waals surface area contributed by atoms with Gasteiger partial charge in [-0.05, 0) is 24.3 Å². The molecule has 0 saturated heterocycles. The normalized spacial score (nSPS) is 15.0. The molecule has 1 aliphatic heterocycles. The average Bonchev–Trinajstić information content (AvgIpc) is 2.77. The molecule has 3 aromatic carbocycles. The van der Waals surface area contributed by atoms with Gasteiger partial charge >= 0.3 is 0 Å². The van der Waals surface area contributed by atoms with Crippen LogP contribution in [-0.4, -0.2) is 7.11 Å². The predicted octanol–water partition coefficient (Wildman–Crippen LogP) is 4.89. The van der Waals surface area contributed by atoms with Crippen molar-refractivity contribution in [2.24, 2.45) is 0 Å². The van der Waals surface area contributed by atoms with Gasteiger partial charge in [-0.15, -0.1) is 0 Å². The van der Waals surface area contributed by atoms with E-state index in [0.29, 0.717) is 33.9 Å². The summed E-state index contributed by atoms with van der Waals surface area (Å²) in [6.45, 7) is 0.309. The van der Waals surface area contributed by atoms with Crippen LogP contribution in [0.15, 0.2) is 60.7 Å². The maximum absolute atomic E-state index is 14.1. The van der Waals surface area contributed by atoms with Gasteiger partial charge in [0, 0.05) is 22.8 Å². The molecule has 0 saturated carbocycles. The topological polar surface area (TPSA) is 60.7 Å². The minimum atomic E-state index is -0.572. The number of ether oxygens (including phenoxy) is 4. The van der Waals surface area contributed by atoms with Gasteiger partial charge in [0.25, 0.3) is 0 Å². The molecule has 0 fully saturated rings. The second-order valence-electron chi connectivity index (χ2n) is 6.49. The Labute approximate surface area is 167 Å². The van der Waals surface area contributed by atoms with Crippen LogP contribution in [0.3, 0.4) is 0 Å². The lowest BCUT2D eigenvalue weighted by Gasteiger charge is -2.28. The molecule has 1 heterocycles. The van der Waals surface area contributed by atoms with E-state index in [1.807, 2.05) is 30.3 Å². The zero-order valence-electron chi connectivity index (χ0n) is 15.7. The van der Waals surface area contributed by atoms with Gasteiger partial charge in [-0.2, -0.15) is 5.26 Å². The highest BCUT2D eigenvalue weighted by Gasteiger charge is 2.25. The largest absolute Gasteiger partial charge is 0.493 e. The van der Waals surface area contributed by atoms with E-state index in [9.17, 15) is 4.39 Å². The number of hydrogen-bond donors (Lipinski definition) is 0. The molecule has 0 aromatic heterocycles. The summed E-state index contributed by atoms with van der Waals surface area (Å²) in [7, 11) is 1.50. The second kappa shape index (κ2) is 8.21. The fraction of sp³-hybridized carbons (Fsp3) is 0.174. The lowest BCUT2D eigenvalue weighted by molar-refractivity contribution is -0.112. The number of methoxy groups -OCH3 is 1. The summed E-state index contributed by atoms with van der Waals surface area (Å²) in [5.74, 6) is 1.05. The van der Waals surface area contributed by atoms with Crippen LogP contribution in [0.1, 0.15) is 28.5 Å². The molecule has 1 aliphatic rings. The molecule has 0 bridgehead atoms. The Morgan fingerprint density at radius 2 is 1.93 bits per heavy atom. The van der Waals surface area contributed by atoms with Crippen LogP contribution in [0.2, 0.25) is 0 Å². The van der Waals surface area contributed by atoms with Gasteiger partial charge < -0.3 is 18.9 Å². The third kappa shape index (κ3) is 4.00. The molecule has 0 aliphatic carbocycles. The van der Waals surface area contributed by atoms with Gasteiger partial charge in [0.15, 0.2) is 11.5 Å². The van der Waals surface area contributed by atoms with Crippen molar-refractivity contribution in [2.75, 3.05) is 7.11 Å². The third-order valence-corrected chi connectivity index (χ3v) is 4.57. The van der Waals surface area contributed by atoms with Crippen molar-refractivity contribution < 1.29 is 23.3 Å². The van der Waals surface area contributed by atoms with Gasteiger partial charge in [-0.25, -0.2) is 4.39 Å². The van der Waals surface area contributed by atoms with Crippen molar-refractivity contribution in [1.82, 2.24) is 0 Å². The molecule has 0 N–H and O–H groups in total. The first kappa shape index (κ1) is 18.8. The van der Waals surface area contributed by atoms with Gasteiger partial charge in [-0.1, -0.05) is 30.3 Å². The number of fused-ring (bicyclic) bond motifs is 1. The summed E-state index contributed by atoms with van der Waals surface area (Å²) in [4.78, 5) is 0. The number of nitriles is 1. The van der Waals surface area contributed by atoms with Crippen LogP contribution < -0.4 is 14.2 Å². The monoisotopic (exact) mass is 391 g/mol. The molecule has 4 rings (SSSR count). The van der Waals surface area contributed by atoms with E-state index in [0.717, 1.165) is 5.56 Å². The zero-order valence-corrected chi connectivity index (χ0v) is 15.7. The highest BCUT2D eigenvalue weighted by molar-refractivity contribution is 5.48. The third-order valence-electron chi connectivity index (χ3n) is 4.57. The fourth-order valence-corrected chi connectivity index (χ4v) is 3.17. The first-order valence-electron chi connectivity index (χ1n) is 9.03. The lowest BCUT2D eigenvalue weighted by atomic mass is 10.1. The number of halogens is 1. The number of rotatable bonds is 5. The summed E-state index contributed by atoms with van der Waals surface area (Å²) in [5, 5.41) is 9.02. The molecule has 146 valence electrons. The molecule has 5 nitrogen and oxygen atoms in total. The van der Waals surface area contributed by atoms with E-state index >= 15 is 0 Å². The zero-order chi connectivity index (χ0) is 20.2. The first-order chi connectivity index (χ1) is 14.2. The molecule has 1 unspecified atom stereocenters. The molecule has 0 radical (unpaired) electrons. The van der Waals surface area contributed by atoms with Crippen LogP contribution in [0.5, 0.6) is 17.2 Å². The van der Waals surface area contributed by atoms with Crippen LogP contribution in [0, 0.1) is 17.1 Å². The average molecular weight is 391 g/mol. The molecule has 1 atom stereocenters. The minimum absolute atomic E-state index is 0.0733. The molecule has 29 heavy (non-hydrogen) atoms. The lowest BCUT2D eigenvalue weighted by Crippen LogP contribution is -2.19. The number of hydrogen-bond acceptors (Lipinski definition) is 5. The highest BCUT2D eigenvalue weighted by Crippen LogP contribution is 2.37. The molecule has 0 spiro atoms. The quantitative estimate of drug-likeness (QED) is 0.620. The number of nitrogens with zero attached hydrogens (tertiary/aromatic N) is 1. The van der Waals surface area contributed by atoms with Gasteiger partial charge in [-0.3, -0.25) is 0 Å². The molecular formula is C23H18FNO4. The SMILES string of the molecule is COc1cc(C#N)ccc1OCc1cc(F)cc2c1OC(c1ccccc1)OC2. The predicted molar refractivity (Wildman–Crippen MR) is 103 cm³/mol. The Kier molecular flexibility index (Phi) is 5.32. The highest BCUT2D eigenvalue weighted by atomic mass is 19.1. The van der Waals surface area contributed by atoms with Crippen LogP contribution in [0.4, 0.5) is 4.39 Å². The van der Waals surface area contributed by atoms with Gasteiger partial charge in [0.2, 0.25) is 6.29 Å². The minimum Gasteiger partial charge on any atom is -0.493 e. The number of benzene rings is 3. The smallest absolute Gasteiger partial charge is 0.227 e. The van der Waals surface area contributed by atoms with Crippen molar-refractivity contribution in [3.8, 4) is 23.3 Å². The van der Waals surface area contributed by atoms with E-state index < -0.39 is 6.29 Å². The van der Waals surface area contributed by atoms with Crippen molar-refractivity contribution in [3.05, 3.63) is 88.7 Å². The Morgan fingerprint density at radius 1 is 1.10 bits per heavy atom. The van der Waals surface area contributed by atoms with Gasteiger partial charge in [0.1, 0.15) is 18.2 Å². The van der Waals surface area contributed by atoms with E-state index in [2.05, 4.69) is 6.07 Å². The van der Waals surface area contributed by atoms with E-state index in [1.165, 1.54) is 19.2 Å². The second-order valence-corrected chi connectivity index (χ2v) is 6.49. The summed E-state index contributed by atoms with van der Waals surface area (Å²) >= 11 is 0. The summed E-state index contributed by atoms with van der Waals surface area (Å²) in [6.07, 6.45) is -0.572. The van der Waals surface area contributed by atoms with Crippen LogP contribution >= 0.6 is 0 Å². The summed E-state index contributed by atoms with van der Waals surface area (Å²) in [5.41, 5.74) is 2.53. The van der Waals surface area contributed by atoms with Crippen LogP contribution in [-0.2, 0) is 18.0 Å². The van der Waals surface area contributed by atoms with Crippen molar-refractivity contribution >= 4 is 0 Å². The van der Waals surface area contributed by atoms with Gasteiger partial charge in [0.05, 0.1) is 25.3 Å². The Morgan fingerprint density at radius 3 is 2.69 bits per heavy atom. The molecule has 0 amide bonds. The molecule has 6 heteroatoms. The Balaban J connectivity index is 1.59. The Hall–Kier alpha value is -3.56. The maximum Gasteiger partial charge on any atom is 0.227 e. The van der Waals surface area contributed by atoms with E-state index in [1.54, 1.807) is 18.2 Å². The molecular weight excluding hydrogens is 373 g/mol. The van der Waals surface area contributed by atoms with Crippen LogP contribution in [0.25, 0.3) is 0 Å².